The highest BCUT2D eigenvalue weighted by Crippen LogP contribution is 2.34. The van der Waals surface area contributed by atoms with Gasteiger partial charge in [0.05, 0.1) is 42.7 Å². The van der Waals surface area contributed by atoms with Gasteiger partial charge in [-0.25, -0.2) is 4.79 Å². The Morgan fingerprint density at radius 2 is 1.11 bits per heavy atom. The van der Waals surface area contributed by atoms with Gasteiger partial charge in [0.25, 0.3) is 0 Å². The van der Waals surface area contributed by atoms with E-state index >= 15 is 0 Å². The van der Waals surface area contributed by atoms with Crippen LogP contribution in [0.2, 0.25) is 0 Å². The molecule has 0 saturated carbocycles. The number of ether oxygens (including phenoxy) is 3. The molecule has 2 saturated heterocycles. The highest BCUT2D eigenvalue weighted by Gasteiger charge is 2.40. The van der Waals surface area contributed by atoms with Crippen LogP contribution in [0.4, 0.5) is 0 Å². The molecule has 0 aliphatic carbocycles. The van der Waals surface area contributed by atoms with Gasteiger partial charge < -0.3 is 29.5 Å². The maximum absolute atomic E-state index is 11.6. The van der Waals surface area contributed by atoms with E-state index in [2.05, 4.69) is 6.92 Å². The number of carbonyl (C=O) groups is 1. The summed E-state index contributed by atoms with van der Waals surface area (Å²) in [5.41, 5.74) is 0.863. The van der Waals surface area contributed by atoms with Gasteiger partial charge in [-0.1, -0.05) is 96.8 Å². The first-order valence-electron chi connectivity index (χ1n) is 18.6. The molecule has 44 heavy (non-hydrogen) atoms. The van der Waals surface area contributed by atoms with E-state index in [4.69, 9.17) is 14.2 Å². The van der Waals surface area contributed by atoms with Crippen LogP contribution in [0.1, 0.15) is 168 Å². The first-order valence-corrected chi connectivity index (χ1v) is 18.6. The van der Waals surface area contributed by atoms with Crippen LogP contribution in [0, 0.1) is 0 Å². The molecule has 0 amide bonds. The molecule has 3 heterocycles. The van der Waals surface area contributed by atoms with Crippen LogP contribution in [0.5, 0.6) is 0 Å². The van der Waals surface area contributed by atoms with Crippen molar-refractivity contribution < 1.29 is 34.3 Å². The lowest BCUT2D eigenvalue weighted by molar-refractivity contribution is -0.139. The molecular formula is C37H66O7. The summed E-state index contributed by atoms with van der Waals surface area (Å²) in [5, 5.41) is 31.5. The highest BCUT2D eigenvalue weighted by molar-refractivity contribution is 5.90. The topological polar surface area (TPSA) is 105 Å². The van der Waals surface area contributed by atoms with Gasteiger partial charge in [0, 0.05) is 5.57 Å². The molecule has 0 radical (unpaired) electrons. The molecule has 0 aromatic heterocycles. The Morgan fingerprint density at radius 1 is 0.659 bits per heavy atom. The average Bonchev–Trinajstić information content (AvgIpc) is 3.76. The molecule has 7 nitrogen and oxygen atoms in total. The van der Waals surface area contributed by atoms with Gasteiger partial charge in [0.1, 0.15) is 6.10 Å². The molecule has 7 heteroatoms. The normalized spacial score (nSPS) is 27.4. The zero-order chi connectivity index (χ0) is 31.6. The maximum atomic E-state index is 11.6. The lowest BCUT2D eigenvalue weighted by atomic mass is 10.00. The Balaban J connectivity index is 1.13. The molecule has 3 aliphatic heterocycles. The first-order chi connectivity index (χ1) is 21.4. The van der Waals surface area contributed by atoms with Crippen molar-refractivity contribution in [2.45, 2.75) is 217 Å². The number of rotatable bonds is 25. The quantitative estimate of drug-likeness (QED) is 0.0703. The summed E-state index contributed by atoms with van der Waals surface area (Å²) in [7, 11) is 0. The summed E-state index contributed by atoms with van der Waals surface area (Å²) in [5.74, 6) is -0.123. The van der Waals surface area contributed by atoms with E-state index < -0.39 is 12.2 Å². The Morgan fingerprint density at radius 3 is 1.61 bits per heavy atom. The second kappa shape index (κ2) is 21.7. The smallest absolute Gasteiger partial charge is 0.334 e. The minimum absolute atomic E-state index is 0.0274. The lowest BCUT2D eigenvalue weighted by Gasteiger charge is -2.24. The summed E-state index contributed by atoms with van der Waals surface area (Å²) in [6.45, 7) is 4.09. The Labute approximate surface area is 268 Å². The van der Waals surface area contributed by atoms with E-state index in [1.54, 1.807) is 0 Å². The second-order valence-corrected chi connectivity index (χ2v) is 14.0. The van der Waals surface area contributed by atoms with Crippen LogP contribution in [0.3, 0.4) is 0 Å². The molecule has 3 N–H and O–H groups in total. The third kappa shape index (κ3) is 14.2. The van der Waals surface area contributed by atoms with Crippen molar-refractivity contribution in [3.63, 3.8) is 0 Å². The largest absolute Gasteiger partial charge is 0.455 e. The number of cyclic esters (lactones) is 1. The maximum Gasteiger partial charge on any atom is 0.334 e. The molecule has 0 aromatic carbocycles. The summed E-state index contributed by atoms with van der Waals surface area (Å²) >= 11 is 0. The fourth-order valence-electron chi connectivity index (χ4n) is 7.27. The van der Waals surface area contributed by atoms with Gasteiger partial charge in [0.2, 0.25) is 0 Å². The molecule has 8 atom stereocenters. The van der Waals surface area contributed by atoms with Crippen LogP contribution in [0.15, 0.2) is 11.6 Å². The predicted molar refractivity (Wildman–Crippen MR) is 175 cm³/mol. The van der Waals surface area contributed by atoms with E-state index in [1.165, 1.54) is 64.2 Å². The van der Waals surface area contributed by atoms with Crippen LogP contribution >= 0.6 is 0 Å². The third-order valence-electron chi connectivity index (χ3n) is 10.1. The zero-order valence-electron chi connectivity index (χ0n) is 28.1. The molecule has 256 valence electrons. The lowest BCUT2D eigenvalue weighted by Crippen LogP contribution is -2.33. The Hall–Kier alpha value is -0.990. The van der Waals surface area contributed by atoms with E-state index in [1.807, 2.05) is 13.0 Å². The number of esters is 1. The summed E-state index contributed by atoms with van der Waals surface area (Å²) in [6.07, 6.45) is 25.8. The average molecular weight is 623 g/mol. The Kier molecular flexibility index (Phi) is 18.5. The van der Waals surface area contributed by atoms with Crippen molar-refractivity contribution in [2.24, 2.45) is 0 Å². The van der Waals surface area contributed by atoms with E-state index in [9.17, 15) is 20.1 Å². The second-order valence-electron chi connectivity index (χ2n) is 14.0. The highest BCUT2D eigenvalue weighted by atomic mass is 16.6. The zero-order valence-corrected chi connectivity index (χ0v) is 28.1. The van der Waals surface area contributed by atoms with Gasteiger partial charge in [-0.15, -0.1) is 0 Å². The third-order valence-corrected chi connectivity index (χ3v) is 10.1. The number of carbonyl (C=O) groups excluding carboxylic acids is 1. The molecule has 3 rings (SSSR count). The number of aliphatic hydroxyl groups is 3. The van der Waals surface area contributed by atoms with Gasteiger partial charge in [0.15, 0.2) is 0 Å². The van der Waals surface area contributed by atoms with Crippen molar-refractivity contribution in [1.29, 1.82) is 0 Å². The van der Waals surface area contributed by atoms with Crippen molar-refractivity contribution in [3.8, 4) is 0 Å². The van der Waals surface area contributed by atoms with Crippen molar-refractivity contribution >= 4 is 5.97 Å². The van der Waals surface area contributed by atoms with Gasteiger partial charge >= 0.3 is 5.97 Å². The molecule has 0 unspecified atom stereocenters. The fraction of sp³-hybridized carbons (Fsp3) is 0.919. The van der Waals surface area contributed by atoms with Crippen molar-refractivity contribution in [3.05, 3.63) is 11.6 Å². The predicted octanol–water partition coefficient (Wildman–Crippen LogP) is 7.86. The van der Waals surface area contributed by atoms with E-state index in [0.717, 1.165) is 95.5 Å². The monoisotopic (exact) mass is 622 g/mol. The first kappa shape index (κ1) is 37.5. The van der Waals surface area contributed by atoms with E-state index in [-0.39, 0.29) is 42.6 Å². The molecule has 2 fully saturated rings. The minimum Gasteiger partial charge on any atom is -0.455 e. The standard InChI is InChI=1S/C37H66O7/c1-3-4-13-19-30(38)20-16-17-22-32(40)34-24-26-36(44-34)35-25-23-33(43-35)31(39)21-15-12-10-8-6-5-7-9-11-14-18-29-27-28(2)42-37(29)41/h27-28,30-36,38-40H,3-26H2,1-2H3/t28-,30-,31-,32-,33-,34+,35-,36-/m0/s1. The van der Waals surface area contributed by atoms with E-state index in [0.29, 0.717) is 0 Å². The van der Waals surface area contributed by atoms with Gasteiger partial charge in [-0.3, -0.25) is 0 Å². The van der Waals surface area contributed by atoms with Gasteiger partial charge in [-0.2, -0.15) is 0 Å². The molecule has 0 spiro atoms. The summed E-state index contributed by atoms with van der Waals surface area (Å²) in [6, 6.07) is 0. The minimum atomic E-state index is -0.447. The van der Waals surface area contributed by atoms with Crippen LogP contribution in [-0.2, 0) is 19.0 Å². The number of hydrogen-bond donors (Lipinski definition) is 3. The van der Waals surface area contributed by atoms with Crippen LogP contribution in [0.25, 0.3) is 0 Å². The summed E-state index contributed by atoms with van der Waals surface area (Å²) < 4.78 is 17.7. The fourth-order valence-corrected chi connectivity index (χ4v) is 7.27. The molecular weight excluding hydrogens is 556 g/mol. The number of hydrogen-bond acceptors (Lipinski definition) is 7. The molecule has 0 bridgehead atoms. The van der Waals surface area contributed by atoms with Crippen molar-refractivity contribution in [1.82, 2.24) is 0 Å². The number of aliphatic hydroxyl groups excluding tert-OH is 3. The van der Waals surface area contributed by atoms with Crippen LogP contribution < -0.4 is 0 Å². The SMILES string of the molecule is CCCCC[C@H](O)CCCC[C@H](O)[C@H]1CC[C@@H]([C@@H]2CC[C@@H]([C@@H](O)CCCCCCCCCCCCC3=C[C@H](C)OC3=O)O2)O1. The molecule has 3 aliphatic rings. The number of unbranched alkanes of at least 4 members (excludes halogenated alkanes) is 12. The summed E-state index contributed by atoms with van der Waals surface area (Å²) in [4.78, 5) is 11.6. The van der Waals surface area contributed by atoms with Gasteiger partial charge in [-0.05, 0) is 77.2 Å². The molecule has 0 aromatic rings. The van der Waals surface area contributed by atoms with Crippen molar-refractivity contribution in [2.75, 3.05) is 0 Å². The van der Waals surface area contributed by atoms with Crippen LogP contribution in [-0.4, -0.2) is 70.1 Å². The Bertz CT molecular complexity index is 801.